The van der Waals surface area contributed by atoms with Gasteiger partial charge in [-0.25, -0.2) is 9.98 Å². The lowest BCUT2D eigenvalue weighted by molar-refractivity contribution is 0.174. The zero-order valence-corrected chi connectivity index (χ0v) is 9.04. The van der Waals surface area contributed by atoms with Gasteiger partial charge in [0.15, 0.2) is 17.3 Å². The fraction of sp³-hybridized carbons (Fsp3) is 0.0769. The van der Waals surface area contributed by atoms with Crippen molar-refractivity contribution < 1.29 is 9.47 Å². The maximum absolute atomic E-state index is 5.29. The lowest BCUT2D eigenvalue weighted by Crippen LogP contribution is -1.92. The van der Waals surface area contributed by atoms with Gasteiger partial charge in [0.2, 0.25) is 6.79 Å². The molecule has 84 valence electrons. The predicted octanol–water partition coefficient (Wildman–Crippen LogP) is 2.56. The van der Waals surface area contributed by atoms with Crippen molar-refractivity contribution in [2.75, 3.05) is 6.79 Å². The van der Waals surface area contributed by atoms with Crippen molar-refractivity contribution in [3.63, 3.8) is 0 Å². The molecule has 0 aliphatic carbocycles. The van der Waals surface area contributed by atoms with Gasteiger partial charge in [0.05, 0.1) is 0 Å². The van der Waals surface area contributed by atoms with E-state index >= 15 is 0 Å². The van der Waals surface area contributed by atoms with Crippen molar-refractivity contribution in [1.82, 2.24) is 4.98 Å². The summed E-state index contributed by atoms with van der Waals surface area (Å²) in [5.41, 5.74) is 0.958. The minimum Gasteiger partial charge on any atom is -0.454 e. The van der Waals surface area contributed by atoms with Crippen LogP contribution in [0.15, 0.2) is 47.6 Å². The van der Waals surface area contributed by atoms with Gasteiger partial charge < -0.3 is 9.47 Å². The molecule has 17 heavy (non-hydrogen) atoms. The minimum atomic E-state index is 0.288. The Balaban J connectivity index is 1.84. The molecule has 0 bridgehead atoms. The van der Waals surface area contributed by atoms with Gasteiger partial charge in [-0.3, -0.25) is 0 Å². The number of fused-ring (bicyclic) bond motifs is 1. The Bertz CT molecular complexity index is 553. The van der Waals surface area contributed by atoms with Crippen molar-refractivity contribution in [2.45, 2.75) is 0 Å². The Labute approximate surface area is 98.6 Å². The highest BCUT2D eigenvalue weighted by Crippen LogP contribution is 2.32. The van der Waals surface area contributed by atoms with Crippen LogP contribution in [0, 0.1) is 0 Å². The topological polar surface area (TPSA) is 43.7 Å². The molecular weight excluding hydrogens is 216 g/mol. The molecule has 2 heterocycles. The molecule has 0 unspecified atom stereocenters. The molecule has 0 fully saturated rings. The second-order valence-electron chi connectivity index (χ2n) is 3.56. The van der Waals surface area contributed by atoms with E-state index in [-0.39, 0.29) is 6.79 Å². The number of rotatable bonds is 2. The van der Waals surface area contributed by atoms with E-state index in [1.54, 1.807) is 12.4 Å². The molecule has 0 saturated heterocycles. The lowest BCUT2D eigenvalue weighted by Gasteiger charge is -1.97. The minimum absolute atomic E-state index is 0.288. The van der Waals surface area contributed by atoms with Crippen LogP contribution in [0.1, 0.15) is 5.56 Å². The molecule has 1 aromatic heterocycles. The quantitative estimate of drug-likeness (QED) is 0.739. The Morgan fingerprint density at radius 2 is 2.06 bits per heavy atom. The van der Waals surface area contributed by atoms with Gasteiger partial charge in [0, 0.05) is 12.4 Å². The van der Waals surface area contributed by atoms with E-state index in [1.165, 1.54) is 0 Å². The van der Waals surface area contributed by atoms with Crippen LogP contribution >= 0.6 is 0 Å². The van der Waals surface area contributed by atoms with Crippen molar-refractivity contribution in [3.05, 3.63) is 48.2 Å². The SMILES string of the molecule is C(=Nc1ccccn1)c1ccc2c(c1)OCO2. The van der Waals surface area contributed by atoms with Gasteiger partial charge in [-0.15, -0.1) is 0 Å². The van der Waals surface area contributed by atoms with Crippen LogP contribution in [0.3, 0.4) is 0 Å². The van der Waals surface area contributed by atoms with E-state index in [1.807, 2.05) is 36.4 Å². The monoisotopic (exact) mass is 226 g/mol. The van der Waals surface area contributed by atoms with Gasteiger partial charge >= 0.3 is 0 Å². The van der Waals surface area contributed by atoms with Gasteiger partial charge in [-0.2, -0.15) is 0 Å². The highest BCUT2D eigenvalue weighted by molar-refractivity contribution is 5.82. The van der Waals surface area contributed by atoms with Crippen molar-refractivity contribution in [2.24, 2.45) is 4.99 Å². The van der Waals surface area contributed by atoms with E-state index in [2.05, 4.69) is 9.98 Å². The normalized spacial score (nSPS) is 13.2. The molecule has 1 aliphatic heterocycles. The Morgan fingerprint density at radius 3 is 2.94 bits per heavy atom. The van der Waals surface area contributed by atoms with Crippen LogP contribution in [-0.4, -0.2) is 18.0 Å². The fourth-order valence-electron chi connectivity index (χ4n) is 1.56. The van der Waals surface area contributed by atoms with Crippen molar-refractivity contribution >= 4 is 12.0 Å². The zero-order valence-electron chi connectivity index (χ0n) is 9.04. The van der Waals surface area contributed by atoms with Crippen LogP contribution in [0.2, 0.25) is 0 Å². The smallest absolute Gasteiger partial charge is 0.231 e. The molecule has 4 nitrogen and oxygen atoms in total. The van der Waals surface area contributed by atoms with Crippen LogP contribution < -0.4 is 9.47 Å². The van der Waals surface area contributed by atoms with E-state index in [4.69, 9.17) is 9.47 Å². The third-order valence-electron chi connectivity index (χ3n) is 2.39. The third kappa shape index (κ3) is 2.10. The van der Waals surface area contributed by atoms with Gasteiger partial charge in [0.1, 0.15) is 0 Å². The second kappa shape index (κ2) is 4.25. The largest absolute Gasteiger partial charge is 0.454 e. The molecule has 3 rings (SSSR count). The molecule has 0 saturated carbocycles. The summed E-state index contributed by atoms with van der Waals surface area (Å²) in [7, 11) is 0. The fourth-order valence-corrected chi connectivity index (χ4v) is 1.56. The number of hydrogen-bond acceptors (Lipinski definition) is 4. The van der Waals surface area contributed by atoms with E-state index in [0.717, 1.165) is 17.1 Å². The third-order valence-corrected chi connectivity index (χ3v) is 2.39. The number of ether oxygens (including phenoxy) is 2. The zero-order chi connectivity index (χ0) is 11.5. The van der Waals surface area contributed by atoms with E-state index in [0.29, 0.717) is 5.82 Å². The summed E-state index contributed by atoms with van der Waals surface area (Å²) >= 11 is 0. The van der Waals surface area contributed by atoms with Crippen LogP contribution in [0.5, 0.6) is 11.5 Å². The highest BCUT2D eigenvalue weighted by Gasteiger charge is 2.12. The number of hydrogen-bond donors (Lipinski definition) is 0. The average molecular weight is 226 g/mol. The summed E-state index contributed by atoms with van der Waals surface area (Å²) in [6.45, 7) is 0.288. The summed E-state index contributed by atoms with van der Waals surface area (Å²) in [6.07, 6.45) is 3.47. The van der Waals surface area contributed by atoms with Gasteiger partial charge in [0.25, 0.3) is 0 Å². The molecule has 4 heteroatoms. The summed E-state index contributed by atoms with van der Waals surface area (Å²) in [6, 6.07) is 11.3. The molecule has 0 spiro atoms. The van der Waals surface area contributed by atoms with Crippen LogP contribution in [-0.2, 0) is 0 Å². The van der Waals surface area contributed by atoms with Gasteiger partial charge in [-0.05, 0) is 35.9 Å². The van der Waals surface area contributed by atoms with Crippen LogP contribution in [0.25, 0.3) is 0 Å². The molecule has 2 aromatic rings. The van der Waals surface area contributed by atoms with Crippen molar-refractivity contribution in [1.29, 1.82) is 0 Å². The summed E-state index contributed by atoms with van der Waals surface area (Å²) < 4.78 is 10.5. The summed E-state index contributed by atoms with van der Waals surface area (Å²) in [5, 5.41) is 0. The Morgan fingerprint density at radius 1 is 1.12 bits per heavy atom. The Hall–Kier alpha value is -2.36. The maximum Gasteiger partial charge on any atom is 0.231 e. The second-order valence-corrected chi connectivity index (χ2v) is 3.56. The number of pyridine rings is 1. The first-order valence-corrected chi connectivity index (χ1v) is 5.26. The number of aromatic nitrogens is 1. The molecule has 0 atom stereocenters. The molecule has 1 aliphatic rings. The molecule has 0 amide bonds. The highest BCUT2D eigenvalue weighted by atomic mass is 16.7. The maximum atomic E-state index is 5.29. The van der Waals surface area contributed by atoms with Crippen molar-refractivity contribution in [3.8, 4) is 11.5 Å². The molecule has 0 radical (unpaired) electrons. The predicted molar refractivity (Wildman–Crippen MR) is 64.1 cm³/mol. The van der Waals surface area contributed by atoms with E-state index < -0.39 is 0 Å². The standard InChI is InChI=1S/C13H10N2O2/c1-2-6-14-13(3-1)15-8-10-4-5-11-12(7-10)17-9-16-11/h1-8H,9H2. The first-order valence-electron chi connectivity index (χ1n) is 5.26. The first-order chi connectivity index (χ1) is 8.42. The summed E-state index contributed by atoms with van der Waals surface area (Å²) in [5.74, 6) is 2.22. The molecular formula is C13H10N2O2. The number of aliphatic imine (C=N–C) groups is 1. The lowest BCUT2D eigenvalue weighted by atomic mass is 10.2. The number of benzene rings is 1. The number of nitrogens with zero attached hydrogens (tertiary/aromatic N) is 2. The Kier molecular flexibility index (Phi) is 2.46. The van der Waals surface area contributed by atoms with E-state index in [9.17, 15) is 0 Å². The van der Waals surface area contributed by atoms with Crippen LogP contribution in [0.4, 0.5) is 5.82 Å². The first kappa shape index (κ1) is 9.84. The van der Waals surface area contributed by atoms with Gasteiger partial charge in [-0.1, -0.05) is 6.07 Å². The average Bonchev–Trinajstić information content (AvgIpc) is 2.85. The summed E-state index contributed by atoms with van der Waals surface area (Å²) in [4.78, 5) is 8.38. The molecule has 1 aromatic carbocycles. The molecule has 0 N–H and O–H groups in total.